The van der Waals surface area contributed by atoms with E-state index in [0.717, 1.165) is 38.9 Å². The van der Waals surface area contributed by atoms with E-state index < -0.39 is 0 Å². The van der Waals surface area contributed by atoms with Crippen LogP contribution in [0.15, 0.2) is 0 Å². The lowest BCUT2D eigenvalue weighted by Crippen LogP contribution is -2.44. The average molecular weight is 228 g/mol. The molecule has 1 saturated heterocycles. The molecule has 0 amide bonds. The van der Waals surface area contributed by atoms with E-state index in [1.54, 1.807) is 0 Å². The molecule has 1 aliphatic rings. The van der Waals surface area contributed by atoms with Gasteiger partial charge in [0.1, 0.15) is 0 Å². The number of hydrogen-bond acceptors (Lipinski definition) is 3. The summed E-state index contributed by atoms with van der Waals surface area (Å²) in [6, 6.07) is 0.717. The van der Waals surface area contributed by atoms with Gasteiger partial charge in [-0.2, -0.15) is 0 Å². The third kappa shape index (κ3) is 4.81. The summed E-state index contributed by atoms with van der Waals surface area (Å²) in [5.41, 5.74) is 0.350. The Morgan fingerprint density at radius 3 is 2.50 bits per heavy atom. The largest absolute Gasteiger partial charge is 0.381 e. The van der Waals surface area contributed by atoms with E-state index in [4.69, 9.17) is 4.74 Å². The molecule has 0 aromatic carbocycles. The highest BCUT2D eigenvalue weighted by molar-refractivity contribution is 4.79. The molecule has 0 spiro atoms. The van der Waals surface area contributed by atoms with Crippen LogP contribution >= 0.6 is 0 Å². The molecule has 3 nitrogen and oxygen atoms in total. The Morgan fingerprint density at radius 2 is 1.94 bits per heavy atom. The molecule has 1 heterocycles. The first-order valence-corrected chi connectivity index (χ1v) is 6.54. The molecule has 3 heteroatoms. The standard InChI is InChI=1S/C13H28N2O/c1-5-14-10-13(2,3)11-15(4)12-6-8-16-9-7-12/h12,14H,5-11H2,1-4H3. The number of hydrogen-bond donors (Lipinski definition) is 1. The zero-order valence-corrected chi connectivity index (χ0v) is 11.4. The van der Waals surface area contributed by atoms with Crippen LogP contribution < -0.4 is 5.32 Å². The summed E-state index contributed by atoms with van der Waals surface area (Å²) in [5.74, 6) is 0. The van der Waals surface area contributed by atoms with Gasteiger partial charge in [0.25, 0.3) is 0 Å². The molecule has 0 atom stereocenters. The molecule has 0 unspecified atom stereocenters. The molecular weight excluding hydrogens is 200 g/mol. The molecule has 1 aliphatic heterocycles. The van der Waals surface area contributed by atoms with Crippen molar-refractivity contribution in [2.24, 2.45) is 5.41 Å². The van der Waals surface area contributed by atoms with E-state index in [9.17, 15) is 0 Å². The van der Waals surface area contributed by atoms with Gasteiger partial charge in [0.2, 0.25) is 0 Å². The smallest absolute Gasteiger partial charge is 0.0480 e. The Balaban J connectivity index is 2.33. The molecule has 16 heavy (non-hydrogen) atoms. The van der Waals surface area contributed by atoms with Gasteiger partial charge in [0.05, 0.1) is 0 Å². The third-order valence-electron chi connectivity index (χ3n) is 3.35. The number of rotatable bonds is 6. The van der Waals surface area contributed by atoms with Gasteiger partial charge < -0.3 is 15.0 Å². The summed E-state index contributed by atoms with van der Waals surface area (Å²) in [7, 11) is 2.25. The predicted molar refractivity (Wildman–Crippen MR) is 68.8 cm³/mol. The van der Waals surface area contributed by atoms with E-state index in [2.05, 4.69) is 38.0 Å². The Labute approximate surface area is 101 Å². The molecule has 0 aromatic rings. The molecule has 0 aromatic heterocycles. The maximum Gasteiger partial charge on any atom is 0.0480 e. The minimum Gasteiger partial charge on any atom is -0.381 e. The summed E-state index contributed by atoms with van der Waals surface area (Å²) in [5, 5.41) is 3.45. The summed E-state index contributed by atoms with van der Waals surface area (Å²) in [6.45, 7) is 12.0. The van der Waals surface area contributed by atoms with Crippen molar-refractivity contribution in [3.63, 3.8) is 0 Å². The highest BCUT2D eigenvalue weighted by Gasteiger charge is 2.25. The van der Waals surface area contributed by atoms with Crippen LogP contribution in [0.1, 0.15) is 33.6 Å². The highest BCUT2D eigenvalue weighted by Crippen LogP contribution is 2.20. The first kappa shape index (κ1) is 13.9. The summed E-state index contributed by atoms with van der Waals surface area (Å²) in [6.07, 6.45) is 2.38. The predicted octanol–water partition coefficient (Wildman–Crippen LogP) is 1.73. The lowest BCUT2D eigenvalue weighted by molar-refractivity contribution is 0.0314. The number of nitrogens with one attached hydrogen (secondary N) is 1. The second kappa shape index (κ2) is 6.58. The lowest BCUT2D eigenvalue weighted by Gasteiger charge is -2.37. The third-order valence-corrected chi connectivity index (χ3v) is 3.35. The van der Waals surface area contributed by atoms with Crippen molar-refractivity contribution >= 4 is 0 Å². The zero-order valence-electron chi connectivity index (χ0n) is 11.4. The van der Waals surface area contributed by atoms with E-state index in [-0.39, 0.29) is 0 Å². The molecule has 0 aliphatic carbocycles. The van der Waals surface area contributed by atoms with Crippen LogP contribution in [0.2, 0.25) is 0 Å². The van der Waals surface area contributed by atoms with Gasteiger partial charge in [-0.25, -0.2) is 0 Å². The fraction of sp³-hybridized carbons (Fsp3) is 1.00. The van der Waals surface area contributed by atoms with Crippen molar-refractivity contribution in [3.05, 3.63) is 0 Å². The summed E-state index contributed by atoms with van der Waals surface area (Å²) < 4.78 is 5.41. The first-order chi connectivity index (χ1) is 7.55. The van der Waals surface area contributed by atoms with Gasteiger partial charge >= 0.3 is 0 Å². The molecule has 1 rings (SSSR count). The van der Waals surface area contributed by atoms with Crippen molar-refractivity contribution in [3.8, 4) is 0 Å². The van der Waals surface area contributed by atoms with Crippen molar-refractivity contribution < 1.29 is 4.74 Å². The molecule has 96 valence electrons. The van der Waals surface area contributed by atoms with Crippen molar-refractivity contribution in [1.29, 1.82) is 0 Å². The molecule has 0 radical (unpaired) electrons. The Morgan fingerprint density at radius 1 is 1.31 bits per heavy atom. The first-order valence-electron chi connectivity index (χ1n) is 6.54. The quantitative estimate of drug-likeness (QED) is 0.749. The normalized spacial score (nSPS) is 19.3. The zero-order chi connectivity index (χ0) is 12.0. The molecule has 1 N–H and O–H groups in total. The highest BCUT2D eigenvalue weighted by atomic mass is 16.5. The van der Waals surface area contributed by atoms with Crippen LogP contribution in [0.3, 0.4) is 0 Å². The van der Waals surface area contributed by atoms with Gasteiger partial charge in [-0.1, -0.05) is 20.8 Å². The van der Waals surface area contributed by atoms with Gasteiger partial charge in [0, 0.05) is 32.3 Å². The Kier molecular flexibility index (Phi) is 5.73. The molecule has 0 saturated carbocycles. The molecule has 0 bridgehead atoms. The SMILES string of the molecule is CCNCC(C)(C)CN(C)C1CCOCC1. The number of nitrogens with zero attached hydrogens (tertiary/aromatic N) is 1. The minimum atomic E-state index is 0.350. The van der Waals surface area contributed by atoms with Crippen LogP contribution in [0.4, 0.5) is 0 Å². The number of ether oxygens (including phenoxy) is 1. The minimum absolute atomic E-state index is 0.350. The van der Waals surface area contributed by atoms with Gasteiger partial charge in [-0.15, -0.1) is 0 Å². The van der Waals surface area contributed by atoms with E-state index in [1.165, 1.54) is 12.8 Å². The van der Waals surface area contributed by atoms with Crippen LogP contribution in [-0.2, 0) is 4.74 Å². The topological polar surface area (TPSA) is 24.5 Å². The van der Waals surface area contributed by atoms with Crippen molar-refractivity contribution in [2.45, 2.75) is 39.7 Å². The van der Waals surface area contributed by atoms with Gasteiger partial charge in [-0.05, 0) is 31.8 Å². The monoisotopic (exact) mass is 228 g/mol. The van der Waals surface area contributed by atoms with Crippen LogP contribution in [0.25, 0.3) is 0 Å². The second-order valence-corrected chi connectivity index (χ2v) is 5.70. The van der Waals surface area contributed by atoms with Gasteiger partial charge in [-0.3, -0.25) is 0 Å². The van der Waals surface area contributed by atoms with Crippen molar-refractivity contribution in [2.75, 3.05) is 39.9 Å². The summed E-state index contributed by atoms with van der Waals surface area (Å²) >= 11 is 0. The lowest BCUT2D eigenvalue weighted by atomic mass is 9.91. The fourth-order valence-corrected chi connectivity index (χ4v) is 2.45. The summed E-state index contributed by atoms with van der Waals surface area (Å²) in [4.78, 5) is 2.51. The maximum atomic E-state index is 5.41. The van der Waals surface area contributed by atoms with Crippen molar-refractivity contribution in [1.82, 2.24) is 10.2 Å². The average Bonchev–Trinajstić information content (AvgIpc) is 2.27. The van der Waals surface area contributed by atoms with E-state index >= 15 is 0 Å². The maximum absolute atomic E-state index is 5.41. The second-order valence-electron chi connectivity index (χ2n) is 5.70. The van der Waals surface area contributed by atoms with Crippen LogP contribution in [0.5, 0.6) is 0 Å². The van der Waals surface area contributed by atoms with Gasteiger partial charge in [0.15, 0.2) is 0 Å². The molecule has 1 fully saturated rings. The Bertz CT molecular complexity index is 188. The Hall–Kier alpha value is -0.120. The fourth-order valence-electron chi connectivity index (χ4n) is 2.45. The van der Waals surface area contributed by atoms with Crippen LogP contribution in [0, 0.1) is 5.41 Å². The van der Waals surface area contributed by atoms with Crippen LogP contribution in [-0.4, -0.2) is 50.8 Å². The van der Waals surface area contributed by atoms with E-state index in [1.807, 2.05) is 0 Å². The van der Waals surface area contributed by atoms with E-state index in [0.29, 0.717) is 5.41 Å². The molecular formula is C13H28N2O.